The average molecular weight is 700 g/mol. The van der Waals surface area contributed by atoms with Crippen LogP contribution < -0.4 is 5.19 Å². The summed E-state index contributed by atoms with van der Waals surface area (Å²) < 4.78 is 2.04. The third-order valence-corrected chi connectivity index (χ3v) is 9.01. The maximum Gasteiger partial charge on any atom is 0.143 e. The van der Waals surface area contributed by atoms with Crippen LogP contribution in [-0.2, 0) is 33.5 Å². The van der Waals surface area contributed by atoms with Crippen molar-refractivity contribution in [2.24, 2.45) is 7.05 Å². The second-order valence-corrected chi connectivity index (χ2v) is 16.9. The van der Waals surface area contributed by atoms with E-state index in [0.717, 1.165) is 39.2 Å². The number of para-hydroxylation sites is 2. The Morgan fingerprint density at radius 2 is 1.55 bits per heavy atom. The number of benzene rings is 3. The molecule has 0 fully saturated rings. The van der Waals surface area contributed by atoms with Crippen LogP contribution in [0.4, 0.5) is 0 Å². The Balaban J connectivity index is 0.00000336. The van der Waals surface area contributed by atoms with E-state index in [1.807, 2.05) is 36.0 Å². The summed E-state index contributed by atoms with van der Waals surface area (Å²) in [7, 11) is 0.563. The number of imidazole rings is 1. The largest absolute Gasteiger partial charge is 0.507 e. The van der Waals surface area contributed by atoms with E-state index in [1.165, 1.54) is 10.8 Å². The van der Waals surface area contributed by atoms with E-state index in [-0.39, 0.29) is 32.2 Å². The van der Waals surface area contributed by atoms with Crippen molar-refractivity contribution in [3.05, 3.63) is 84.6 Å². The van der Waals surface area contributed by atoms with Crippen LogP contribution in [0.2, 0.25) is 19.6 Å². The van der Waals surface area contributed by atoms with Gasteiger partial charge in [-0.25, -0.2) is 4.98 Å². The molecule has 0 bridgehead atoms. The summed E-state index contributed by atoms with van der Waals surface area (Å²) in [5.74, 6) is 0.954. The third-order valence-electron chi connectivity index (χ3n) is 6.99. The number of aryl methyl sites for hydroxylation is 1. The number of hydrogen-bond acceptors (Lipinski definition) is 3. The zero-order valence-electron chi connectivity index (χ0n) is 23.0. The molecule has 0 spiro atoms. The predicted octanol–water partition coefficient (Wildman–Crippen LogP) is 7.32. The van der Waals surface area contributed by atoms with Crippen LogP contribution in [0.15, 0.2) is 72.9 Å². The molecule has 2 aromatic heterocycles. The summed E-state index contributed by atoms with van der Waals surface area (Å²) in [6.07, 6.45) is 2.04. The van der Waals surface area contributed by atoms with Gasteiger partial charge in [-0.3, -0.25) is 4.98 Å². The topological polar surface area (TPSA) is 50.9 Å². The van der Waals surface area contributed by atoms with Crippen LogP contribution in [0.1, 0.15) is 26.3 Å². The quantitative estimate of drug-likeness (QED) is 0.158. The van der Waals surface area contributed by atoms with E-state index in [2.05, 4.69) is 88.9 Å². The minimum Gasteiger partial charge on any atom is -0.507 e. The van der Waals surface area contributed by atoms with E-state index in [0.29, 0.717) is 5.56 Å². The van der Waals surface area contributed by atoms with Gasteiger partial charge in [-0.2, -0.15) is 0 Å². The van der Waals surface area contributed by atoms with E-state index < -0.39 is 8.07 Å². The normalized spacial score (nSPS) is 12.0. The summed E-state index contributed by atoms with van der Waals surface area (Å²) in [6.45, 7) is 13.7. The van der Waals surface area contributed by atoms with Crippen molar-refractivity contribution in [3.8, 4) is 39.5 Å². The molecule has 4 nitrogen and oxygen atoms in total. The molecule has 0 saturated heterocycles. The van der Waals surface area contributed by atoms with Gasteiger partial charge in [0.05, 0.1) is 24.7 Å². The van der Waals surface area contributed by atoms with E-state index in [9.17, 15) is 5.11 Å². The number of aromatic nitrogens is 3. The van der Waals surface area contributed by atoms with Crippen LogP contribution in [0.5, 0.6) is 5.75 Å². The molecule has 2 heterocycles. The van der Waals surface area contributed by atoms with Crippen LogP contribution in [-0.4, -0.2) is 27.7 Å². The first-order chi connectivity index (χ1) is 17.4. The van der Waals surface area contributed by atoms with Crippen molar-refractivity contribution >= 4 is 24.3 Å². The van der Waals surface area contributed by atoms with E-state index >= 15 is 0 Å². The maximum atomic E-state index is 10.5. The molecule has 3 aromatic carbocycles. The van der Waals surface area contributed by atoms with Gasteiger partial charge in [-0.05, 0) is 28.8 Å². The molecule has 0 radical (unpaired) electrons. The van der Waals surface area contributed by atoms with Gasteiger partial charge in [-0.15, -0.1) is 29.3 Å². The van der Waals surface area contributed by atoms with Crippen LogP contribution >= 0.6 is 0 Å². The monoisotopic (exact) mass is 699 g/mol. The van der Waals surface area contributed by atoms with Crippen molar-refractivity contribution in [3.63, 3.8) is 0 Å². The summed E-state index contributed by atoms with van der Waals surface area (Å²) in [6, 6.07) is 26.0. The first kappa shape index (κ1) is 28.0. The van der Waals surface area contributed by atoms with Gasteiger partial charge in [0.15, 0.2) is 0 Å². The first-order valence-electron chi connectivity index (χ1n) is 12.7. The molecular formula is C32H34N3OPtSi-. The van der Waals surface area contributed by atoms with Crippen molar-refractivity contribution in [1.82, 2.24) is 14.5 Å². The zero-order chi connectivity index (χ0) is 26.5. The molecule has 0 atom stereocenters. The molecule has 0 unspecified atom stereocenters. The van der Waals surface area contributed by atoms with Crippen molar-refractivity contribution < 1.29 is 26.2 Å². The Labute approximate surface area is 241 Å². The Morgan fingerprint density at radius 1 is 0.868 bits per heavy atom. The van der Waals surface area contributed by atoms with Gasteiger partial charge in [0, 0.05) is 40.0 Å². The molecule has 5 rings (SSSR count). The molecule has 0 amide bonds. The molecule has 6 heteroatoms. The number of phenolic OH excluding ortho intramolecular Hbond substituents is 1. The van der Waals surface area contributed by atoms with Crippen LogP contribution in [0.3, 0.4) is 0 Å². The molecule has 0 aliphatic carbocycles. The van der Waals surface area contributed by atoms with Gasteiger partial charge in [-0.1, -0.05) is 87.9 Å². The number of nitrogens with zero attached hydrogens (tertiary/aromatic N) is 3. The van der Waals surface area contributed by atoms with Crippen LogP contribution in [0, 0.1) is 6.07 Å². The number of phenols is 1. The molecule has 0 saturated carbocycles. The summed E-state index contributed by atoms with van der Waals surface area (Å²) >= 11 is 0. The van der Waals surface area contributed by atoms with Gasteiger partial charge in [0.1, 0.15) is 11.6 Å². The standard InChI is InChI=1S/C32H34N3OSi.Pt/c1-32(2,3)23-18-21(17-22(19-23)27-16-15-24(20-33-27)37(5,6)7)25-12-10-13-28-30(25)34-31(35(28)4)26-11-8-9-14-29(26)36;/h8-16,18-20,36H,1-7H3;/q-1;. The number of pyridine rings is 1. The fourth-order valence-electron chi connectivity index (χ4n) is 4.62. The fraction of sp³-hybridized carbons (Fsp3) is 0.250. The van der Waals surface area contributed by atoms with Gasteiger partial charge in [0.2, 0.25) is 0 Å². The predicted molar refractivity (Wildman–Crippen MR) is 157 cm³/mol. The third kappa shape index (κ3) is 5.27. The van der Waals surface area contributed by atoms with Crippen LogP contribution in [0.25, 0.3) is 44.8 Å². The number of fused-ring (bicyclic) bond motifs is 1. The Hall–Kier alpha value is -3.01. The zero-order valence-corrected chi connectivity index (χ0v) is 26.3. The number of aromatic hydroxyl groups is 1. The molecule has 38 heavy (non-hydrogen) atoms. The summed E-state index contributed by atoms with van der Waals surface area (Å²) in [4.78, 5) is 9.88. The summed E-state index contributed by atoms with van der Waals surface area (Å²) in [5, 5.41) is 11.8. The second kappa shape index (κ2) is 10.3. The molecular weight excluding hydrogens is 666 g/mol. The van der Waals surface area contributed by atoms with Crippen molar-refractivity contribution in [2.45, 2.75) is 45.8 Å². The number of hydrogen-bond donors (Lipinski definition) is 1. The molecule has 0 aliphatic rings. The number of rotatable bonds is 4. The molecule has 5 aromatic rings. The maximum absolute atomic E-state index is 10.5. The van der Waals surface area contributed by atoms with Gasteiger partial charge >= 0.3 is 0 Å². The SMILES string of the molecule is Cn1c(-c2ccccc2O)nc2c(-c3[c-]c(-c4ccc([Si](C)(C)C)cn4)cc(C(C)(C)C)c3)cccc21.[Pt]. The first-order valence-corrected chi connectivity index (χ1v) is 16.2. The molecule has 198 valence electrons. The van der Waals surface area contributed by atoms with Crippen molar-refractivity contribution in [2.75, 3.05) is 0 Å². The average Bonchev–Trinajstić information content (AvgIpc) is 3.19. The molecule has 0 aliphatic heterocycles. The fourth-order valence-corrected chi connectivity index (χ4v) is 5.65. The minimum absolute atomic E-state index is 0. The molecule has 1 N–H and O–H groups in total. The smallest absolute Gasteiger partial charge is 0.143 e. The van der Waals surface area contributed by atoms with Gasteiger partial charge in [0.25, 0.3) is 0 Å². The Kier molecular flexibility index (Phi) is 7.57. The van der Waals surface area contributed by atoms with E-state index in [4.69, 9.17) is 9.97 Å². The summed E-state index contributed by atoms with van der Waals surface area (Å²) in [5.41, 5.74) is 7.70. The second-order valence-electron chi connectivity index (χ2n) is 11.8. The van der Waals surface area contributed by atoms with E-state index in [1.54, 1.807) is 6.07 Å². The minimum atomic E-state index is -1.43. The Morgan fingerprint density at radius 3 is 2.18 bits per heavy atom. The van der Waals surface area contributed by atoms with Gasteiger partial charge < -0.3 is 9.67 Å². The van der Waals surface area contributed by atoms with Crippen molar-refractivity contribution in [1.29, 1.82) is 0 Å². The Bertz CT molecular complexity index is 1610.